The van der Waals surface area contributed by atoms with Crippen molar-refractivity contribution in [2.24, 2.45) is 7.05 Å². The molecule has 1 aliphatic heterocycles. The van der Waals surface area contributed by atoms with E-state index in [4.69, 9.17) is 4.98 Å². The molecule has 0 spiro atoms. The maximum atomic E-state index is 13.9. The number of aryl methyl sites for hydroxylation is 3. The van der Waals surface area contributed by atoms with Crippen LogP contribution < -0.4 is 10.2 Å². The minimum Gasteiger partial charge on any atom is -0.359 e. The summed E-state index contributed by atoms with van der Waals surface area (Å²) < 4.78 is 1.80. The van der Waals surface area contributed by atoms with Crippen molar-refractivity contribution in [1.29, 1.82) is 0 Å². The lowest BCUT2D eigenvalue weighted by Crippen LogP contribution is -2.23. The fraction of sp³-hybridized carbons (Fsp3) is 0.114. The van der Waals surface area contributed by atoms with Gasteiger partial charge in [0.15, 0.2) is 5.82 Å². The van der Waals surface area contributed by atoms with Crippen LogP contribution in [0.1, 0.15) is 27.2 Å². The number of pyridine rings is 1. The summed E-state index contributed by atoms with van der Waals surface area (Å²) in [5, 5.41) is 10.9. The summed E-state index contributed by atoms with van der Waals surface area (Å²) >= 11 is 0. The Labute approximate surface area is 253 Å². The second-order valence-electron chi connectivity index (χ2n) is 11.2. The van der Waals surface area contributed by atoms with Crippen LogP contribution in [0.2, 0.25) is 0 Å². The second-order valence-corrected chi connectivity index (χ2v) is 11.2. The number of hydrogen-bond acceptors (Lipinski definition) is 6. The number of aromatic nitrogens is 6. The van der Waals surface area contributed by atoms with Gasteiger partial charge in [0.05, 0.1) is 23.4 Å². The number of carbonyl (C=O) groups excluding carboxylic acids is 1. The van der Waals surface area contributed by atoms with E-state index < -0.39 is 0 Å². The van der Waals surface area contributed by atoms with E-state index in [-0.39, 0.29) is 5.91 Å². The Bertz CT molecular complexity index is 2240. The molecule has 1 aliphatic rings. The average molecular weight is 577 g/mol. The Balaban J connectivity index is 1.16. The molecule has 0 saturated heterocycles. The molecule has 8 rings (SSSR count). The zero-order valence-electron chi connectivity index (χ0n) is 24.5. The van der Waals surface area contributed by atoms with Crippen molar-refractivity contribution in [3.63, 3.8) is 0 Å². The number of aromatic amines is 1. The first-order valence-electron chi connectivity index (χ1n) is 14.4. The number of amides is 1. The third-order valence-electron chi connectivity index (χ3n) is 8.48. The summed E-state index contributed by atoms with van der Waals surface area (Å²) in [5.41, 5.74) is 9.32. The van der Waals surface area contributed by atoms with Crippen LogP contribution in [-0.2, 0) is 13.6 Å². The summed E-state index contributed by atoms with van der Waals surface area (Å²) in [6, 6.07) is 22.4. The molecule has 0 bridgehead atoms. The lowest BCUT2D eigenvalue weighted by atomic mass is 9.95. The van der Waals surface area contributed by atoms with Gasteiger partial charge in [-0.05, 0) is 65.8 Å². The van der Waals surface area contributed by atoms with Crippen molar-refractivity contribution >= 4 is 45.0 Å². The van der Waals surface area contributed by atoms with Gasteiger partial charge in [-0.1, -0.05) is 36.4 Å². The van der Waals surface area contributed by atoms with Crippen molar-refractivity contribution in [2.75, 3.05) is 10.2 Å². The van der Waals surface area contributed by atoms with Gasteiger partial charge in [0.1, 0.15) is 0 Å². The highest BCUT2D eigenvalue weighted by Crippen LogP contribution is 2.40. The molecule has 0 atom stereocenters. The highest BCUT2D eigenvalue weighted by Gasteiger charge is 2.32. The van der Waals surface area contributed by atoms with Gasteiger partial charge in [-0.2, -0.15) is 5.10 Å². The normalized spacial score (nSPS) is 12.8. The van der Waals surface area contributed by atoms with Crippen LogP contribution in [0.5, 0.6) is 0 Å². The van der Waals surface area contributed by atoms with Crippen LogP contribution in [0.15, 0.2) is 91.5 Å². The number of nitrogens with zero attached hydrogens (tertiary/aromatic N) is 6. The molecule has 1 amide bonds. The van der Waals surface area contributed by atoms with E-state index in [1.54, 1.807) is 10.9 Å². The highest BCUT2D eigenvalue weighted by atomic mass is 16.2. The molecule has 3 aromatic carbocycles. The molecular formula is C35H28N8O. The van der Waals surface area contributed by atoms with E-state index in [0.29, 0.717) is 18.3 Å². The fourth-order valence-corrected chi connectivity index (χ4v) is 6.12. The molecule has 0 radical (unpaired) electrons. The van der Waals surface area contributed by atoms with Gasteiger partial charge in [-0.15, -0.1) is 0 Å². The van der Waals surface area contributed by atoms with Crippen LogP contribution in [0, 0.1) is 13.8 Å². The van der Waals surface area contributed by atoms with E-state index in [0.717, 1.165) is 72.1 Å². The van der Waals surface area contributed by atoms with Crippen LogP contribution in [-0.4, -0.2) is 35.6 Å². The molecule has 0 aliphatic carbocycles. The molecule has 0 fully saturated rings. The van der Waals surface area contributed by atoms with Gasteiger partial charge in [0.2, 0.25) is 5.95 Å². The predicted molar refractivity (Wildman–Crippen MR) is 173 cm³/mol. The second kappa shape index (κ2) is 9.88. The quantitative estimate of drug-likeness (QED) is 0.227. The molecule has 7 aromatic rings. The topological polar surface area (TPSA) is 105 Å². The summed E-state index contributed by atoms with van der Waals surface area (Å²) in [6.07, 6.45) is 7.45. The van der Waals surface area contributed by atoms with E-state index in [1.165, 1.54) is 0 Å². The molecular weight excluding hydrogens is 548 g/mol. The van der Waals surface area contributed by atoms with Crippen LogP contribution in [0.3, 0.4) is 0 Å². The summed E-state index contributed by atoms with van der Waals surface area (Å²) in [6.45, 7) is 4.47. The predicted octanol–water partition coefficient (Wildman–Crippen LogP) is 7.09. The molecule has 2 N–H and O–H groups in total. The Morgan fingerprint density at radius 3 is 2.64 bits per heavy atom. The Hall–Kier alpha value is -5.83. The fourth-order valence-electron chi connectivity index (χ4n) is 6.12. The number of fused-ring (bicyclic) bond motifs is 3. The van der Waals surface area contributed by atoms with E-state index >= 15 is 0 Å². The van der Waals surface area contributed by atoms with Crippen LogP contribution in [0.25, 0.3) is 44.1 Å². The minimum absolute atomic E-state index is 0.0108. The maximum Gasteiger partial charge on any atom is 0.259 e. The van der Waals surface area contributed by atoms with E-state index in [1.807, 2.05) is 80.8 Å². The van der Waals surface area contributed by atoms with Gasteiger partial charge in [-0.25, -0.2) is 9.97 Å². The number of rotatable bonds is 5. The number of para-hydroxylation sites is 1. The molecule has 4 aromatic heterocycles. The summed E-state index contributed by atoms with van der Waals surface area (Å²) in [5.74, 6) is 1.15. The molecule has 214 valence electrons. The zero-order chi connectivity index (χ0) is 29.9. The minimum atomic E-state index is -0.0108. The van der Waals surface area contributed by atoms with Crippen LogP contribution in [0.4, 0.5) is 17.5 Å². The average Bonchev–Trinajstić information content (AvgIpc) is 3.72. The number of H-pyrrole nitrogens is 1. The molecule has 0 unspecified atom stereocenters. The van der Waals surface area contributed by atoms with Gasteiger partial charge in [0.25, 0.3) is 5.91 Å². The third kappa shape index (κ3) is 4.12. The van der Waals surface area contributed by atoms with Gasteiger partial charge < -0.3 is 15.2 Å². The van der Waals surface area contributed by atoms with Crippen molar-refractivity contribution in [3.8, 4) is 22.4 Å². The first-order valence-corrected chi connectivity index (χ1v) is 14.4. The monoisotopic (exact) mass is 576 g/mol. The van der Waals surface area contributed by atoms with Crippen molar-refractivity contribution in [1.82, 2.24) is 29.7 Å². The highest BCUT2D eigenvalue weighted by molar-refractivity contribution is 6.15. The Morgan fingerprint density at radius 1 is 0.909 bits per heavy atom. The van der Waals surface area contributed by atoms with Crippen molar-refractivity contribution in [2.45, 2.75) is 20.4 Å². The molecule has 0 saturated carbocycles. The number of carbonyl (C=O) groups is 1. The Morgan fingerprint density at radius 2 is 1.77 bits per heavy atom. The smallest absolute Gasteiger partial charge is 0.259 e. The SMILES string of the molecule is Cc1cnc(Nc2cc(C)n(C)n2)nc1-c1c[nH]c2c(N3Cc4c(cccc4-c4ccc5ccncc5c4)C3=O)cccc12. The Kier molecular flexibility index (Phi) is 5.80. The van der Waals surface area contributed by atoms with Gasteiger partial charge in [0, 0.05) is 65.5 Å². The van der Waals surface area contributed by atoms with Crippen molar-refractivity contribution in [3.05, 3.63) is 114 Å². The number of hydrogen-bond donors (Lipinski definition) is 2. The first kappa shape index (κ1) is 25.8. The molecule has 9 nitrogen and oxygen atoms in total. The number of nitrogens with one attached hydrogen (secondary N) is 2. The third-order valence-corrected chi connectivity index (χ3v) is 8.48. The number of anilines is 3. The van der Waals surface area contributed by atoms with E-state index in [9.17, 15) is 4.79 Å². The molecule has 9 heteroatoms. The molecule has 5 heterocycles. The first-order chi connectivity index (χ1) is 21.4. The van der Waals surface area contributed by atoms with Gasteiger partial charge >= 0.3 is 0 Å². The summed E-state index contributed by atoms with van der Waals surface area (Å²) in [4.78, 5) is 32.8. The number of benzene rings is 3. The standard InChI is InChI=1S/C35H28N8O/c1-20-16-38-35(39-31-14-21(2)42(3)41-31)40-32(20)28-18-37-33-26(28)7-5-9-30(33)43-19-29-25(6-4-8-27(29)34(43)44)23-11-10-22-12-13-36-17-24(22)15-23/h4-18,37H,19H2,1-3H3,(H,38,39,40,41). The lowest BCUT2D eigenvalue weighted by Gasteiger charge is -2.17. The van der Waals surface area contributed by atoms with Crippen LogP contribution >= 0.6 is 0 Å². The van der Waals surface area contributed by atoms with E-state index in [2.05, 4.69) is 55.7 Å². The summed E-state index contributed by atoms with van der Waals surface area (Å²) in [7, 11) is 1.90. The largest absolute Gasteiger partial charge is 0.359 e. The molecule has 44 heavy (non-hydrogen) atoms. The van der Waals surface area contributed by atoms with Crippen molar-refractivity contribution < 1.29 is 4.79 Å². The van der Waals surface area contributed by atoms with Gasteiger partial charge in [-0.3, -0.25) is 14.5 Å². The zero-order valence-corrected chi connectivity index (χ0v) is 24.5. The maximum absolute atomic E-state index is 13.9. The lowest BCUT2D eigenvalue weighted by molar-refractivity contribution is 0.0997.